The van der Waals surface area contributed by atoms with Gasteiger partial charge in [0.2, 0.25) is 0 Å². The maximum atomic E-state index is 8.63. The number of nitrogens with zero attached hydrogens (tertiary/aromatic N) is 2. The molecular weight excluding hydrogens is 174 g/mol. The number of hydrogen-bond acceptors (Lipinski definition) is 2. The van der Waals surface area contributed by atoms with E-state index >= 15 is 0 Å². The summed E-state index contributed by atoms with van der Waals surface area (Å²) in [7, 11) is 0. The van der Waals surface area contributed by atoms with E-state index in [-0.39, 0.29) is 12.4 Å². The number of aromatic amines is 1. The fourth-order valence-corrected chi connectivity index (χ4v) is 1.06. The monoisotopic (exact) mass is 179 g/mol. The lowest BCUT2D eigenvalue weighted by Gasteiger charge is -1.84. The molecule has 2 heterocycles. The topological polar surface area (TPSA) is 52.5 Å². The van der Waals surface area contributed by atoms with Crippen LogP contribution >= 0.6 is 12.4 Å². The van der Waals surface area contributed by atoms with Gasteiger partial charge in [-0.05, 0) is 6.07 Å². The number of halogens is 1. The molecule has 2 rings (SSSR count). The molecule has 0 amide bonds. The molecule has 0 aliphatic heterocycles. The molecule has 0 aliphatic carbocycles. The van der Waals surface area contributed by atoms with Crippen LogP contribution in [0.2, 0.25) is 0 Å². The summed E-state index contributed by atoms with van der Waals surface area (Å²) in [6, 6.07) is 3.92. The highest BCUT2D eigenvalue weighted by atomic mass is 35.5. The molecule has 0 unspecified atom stereocenters. The lowest BCUT2D eigenvalue weighted by atomic mass is 10.2. The number of rotatable bonds is 0. The third-order valence-electron chi connectivity index (χ3n) is 1.60. The van der Waals surface area contributed by atoms with Crippen molar-refractivity contribution in [3.8, 4) is 6.07 Å². The molecule has 3 nitrogen and oxygen atoms in total. The number of aromatic nitrogens is 2. The molecular formula is C8H6ClN3. The van der Waals surface area contributed by atoms with Crippen LogP contribution in [0.1, 0.15) is 5.56 Å². The SMILES string of the molecule is Cl.N#Cc1c[nH]c2ccncc12. The first-order chi connectivity index (χ1) is 5.42. The molecule has 2 aromatic heterocycles. The summed E-state index contributed by atoms with van der Waals surface area (Å²) in [5.74, 6) is 0. The maximum Gasteiger partial charge on any atom is 0.101 e. The summed E-state index contributed by atoms with van der Waals surface area (Å²) in [6.07, 6.45) is 5.07. The minimum absolute atomic E-state index is 0. The van der Waals surface area contributed by atoms with Crippen LogP contribution in [0.4, 0.5) is 0 Å². The number of hydrogen-bond donors (Lipinski definition) is 1. The zero-order valence-corrected chi connectivity index (χ0v) is 6.93. The van der Waals surface area contributed by atoms with Gasteiger partial charge in [-0.15, -0.1) is 12.4 Å². The normalized spacial score (nSPS) is 8.92. The lowest BCUT2D eigenvalue weighted by molar-refractivity contribution is 1.36. The lowest BCUT2D eigenvalue weighted by Crippen LogP contribution is -1.71. The first-order valence-corrected chi connectivity index (χ1v) is 3.23. The van der Waals surface area contributed by atoms with Gasteiger partial charge in [-0.2, -0.15) is 5.26 Å². The number of nitrogens with one attached hydrogen (secondary N) is 1. The van der Waals surface area contributed by atoms with Crippen LogP contribution < -0.4 is 0 Å². The van der Waals surface area contributed by atoms with Crippen molar-refractivity contribution in [1.82, 2.24) is 9.97 Å². The van der Waals surface area contributed by atoms with Gasteiger partial charge in [0.25, 0.3) is 0 Å². The van der Waals surface area contributed by atoms with Gasteiger partial charge in [0.15, 0.2) is 0 Å². The van der Waals surface area contributed by atoms with E-state index in [2.05, 4.69) is 16.0 Å². The van der Waals surface area contributed by atoms with Gasteiger partial charge >= 0.3 is 0 Å². The molecule has 0 aromatic carbocycles. The van der Waals surface area contributed by atoms with Gasteiger partial charge in [-0.25, -0.2) is 0 Å². The number of fused-ring (bicyclic) bond motifs is 1. The van der Waals surface area contributed by atoms with Crippen molar-refractivity contribution in [2.24, 2.45) is 0 Å². The molecule has 0 fully saturated rings. The average molecular weight is 180 g/mol. The first kappa shape index (κ1) is 8.57. The largest absolute Gasteiger partial charge is 0.360 e. The smallest absolute Gasteiger partial charge is 0.101 e. The first-order valence-electron chi connectivity index (χ1n) is 3.23. The number of nitriles is 1. The number of pyridine rings is 1. The highest BCUT2D eigenvalue weighted by Crippen LogP contribution is 2.14. The van der Waals surface area contributed by atoms with Crippen molar-refractivity contribution in [2.45, 2.75) is 0 Å². The Bertz CT molecular complexity index is 427. The molecule has 1 N–H and O–H groups in total. The predicted octanol–water partition coefficient (Wildman–Crippen LogP) is 1.86. The van der Waals surface area contributed by atoms with Crippen LogP contribution in [-0.4, -0.2) is 9.97 Å². The van der Waals surface area contributed by atoms with Gasteiger partial charge in [0.1, 0.15) is 6.07 Å². The van der Waals surface area contributed by atoms with Crippen molar-refractivity contribution in [1.29, 1.82) is 5.26 Å². The van der Waals surface area contributed by atoms with Crippen molar-refractivity contribution in [2.75, 3.05) is 0 Å². The van der Waals surface area contributed by atoms with Crippen LogP contribution in [0.5, 0.6) is 0 Å². The summed E-state index contributed by atoms with van der Waals surface area (Å²) >= 11 is 0. The summed E-state index contributed by atoms with van der Waals surface area (Å²) < 4.78 is 0. The van der Waals surface area contributed by atoms with Gasteiger partial charge in [0, 0.05) is 29.5 Å². The van der Waals surface area contributed by atoms with Crippen LogP contribution in [0, 0.1) is 11.3 Å². The van der Waals surface area contributed by atoms with E-state index in [9.17, 15) is 0 Å². The molecule has 0 saturated carbocycles. The fraction of sp³-hybridized carbons (Fsp3) is 0. The summed E-state index contributed by atoms with van der Waals surface area (Å²) in [4.78, 5) is 6.90. The van der Waals surface area contributed by atoms with E-state index < -0.39 is 0 Å². The molecule has 0 saturated heterocycles. The second-order valence-corrected chi connectivity index (χ2v) is 2.24. The molecule has 12 heavy (non-hydrogen) atoms. The standard InChI is InChI=1S/C8H5N3.ClH/c9-3-6-4-11-8-1-2-10-5-7(6)8;/h1-2,4-5,11H;1H. The van der Waals surface area contributed by atoms with Gasteiger partial charge in [0.05, 0.1) is 5.56 Å². The molecule has 60 valence electrons. The predicted molar refractivity (Wildman–Crippen MR) is 48.1 cm³/mol. The van der Waals surface area contributed by atoms with E-state index in [0.29, 0.717) is 5.56 Å². The zero-order valence-electron chi connectivity index (χ0n) is 6.11. The molecule has 0 bridgehead atoms. The molecule has 2 aromatic rings. The summed E-state index contributed by atoms with van der Waals surface area (Å²) in [5.41, 5.74) is 1.60. The van der Waals surface area contributed by atoms with Crippen molar-refractivity contribution in [3.63, 3.8) is 0 Å². The highest BCUT2D eigenvalue weighted by Gasteiger charge is 1.99. The molecule has 0 atom stereocenters. The van der Waals surface area contributed by atoms with E-state index in [1.165, 1.54) is 0 Å². The van der Waals surface area contributed by atoms with E-state index in [1.807, 2.05) is 6.07 Å². The van der Waals surface area contributed by atoms with E-state index in [0.717, 1.165) is 10.9 Å². The second-order valence-electron chi connectivity index (χ2n) is 2.24. The summed E-state index contributed by atoms with van der Waals surface area (Å²) in [6.45, 7) is 0. The quantitative estimate of drug-likeness (QED) is 0.671. The van der Waals surface area contributed by atoms with Crippen molar-refractivity contribution < 1.29 is 0 Å². The third-order valence-corrected chi connectivity index (χ3v) is 1.60. The molecule has 0 spiro atoms. The molecule has 4 heteroatoms. The van der Waals surface area contributed by atoms with Crippen LogP contribution in [0.25, 0.3) is 10.9 Å². The second kappa shape index (κ2) is 3.24. The van der Waals surface area contributed by atoms with Crippen molar-refractivity contribution in [3.05, 3.63) is 30.2 Å². The van der Waals surface area contributed by atoms with Crippen LogP contribution in [0.15, 0.2) is 24.7 Å². The van der Waals surface area contributed by atoms with Gasteiger partial charge in [-0.3, -0.25) is 4.98 Å². The van der Waals surface area contributed by atoms with E-state index in [4.69, 9.17) is 5.26 Å². The van der Waals surface area contributed by atoms with Crippen LogP contribution in [0.3, 0.4) is 0 Å². The van der Waals surface area contributed by atoms with Crippen LogP contribution in [-0.2, 0) is 0 Å². The Morgan fingerprint density at radius 3 is 3.08 bits per heavy atom. The Morgan fingerprint density at radius 2 is 2.33 bits per heavy atom. The Balaban J connectivity index is 0.000000720. The molecule has 0 radical (unpaired) electrons. The summed E-state index contributed by atoms with van der Waals surface area (Å²) in [5, 5.41) is 9.51. The Morgan fingerprint density at radius 1 is 1.50 bits per heavy atom. The maximum absolute atomic E-state index is 8.63. The van der Waals surface area contributed by atoms with Gasteiger partial charge < -0.3 is 4.98 Å². The number of H-pyrrole nitrogens is 1. The Kier molecular flexibility index (Phi) is 2.32. The Labute approximate surface area is 75.5 Å². The fourth-order valence-electron chi connectivity index (χ4n) is 1.06. The third kappa shape index (κ3) is 1.13. The zero-order chi connectivity index (χ0) is 7.68. The minimum atomic E-state index is 0. The minimum Gasteiger partial charge on any atom is -0.360 e. The van der Waals surface area contributed by atoms with Crippen molar-refractivity contribution >= 4 is 23.3 Å². The highest BCUT2D eigenvalue weighted by molar-refractivity contribution is 5.85. The van der Waals surface area contributed by atoms with Gasteiger partial charge in [-0.1, -0.05) is 0 Å². The molecule has 0 aliphatic rings. The average Bonchev–Trinajstić information content (AvgIpc) is 2.47. The van der Waals surface area contributed by atoms with E-state index in [1.54, 1.807) is 18.6 Å². The Hall–Kier alpha value is -1.53.